The monoisotopic (exact) mass is 278 g/mol. The molecule has 1 amide bonds. The third-order valence-electron chi connectivity index (χ3n) is 4.21. The molecule has 1 atom stereocenters. The number of hydrogen-bond acceptors (Lipinski definition) is 3. The molecule has 1 aliphatic rings. The van der Waals surface area contributed by atoms with Gasteiger partial charge in [-0.25, -0.2) is 0 Å². The van der Waals surface area contributed by atoms with E-state index in [0.29, 0.717) is 18.4 Å². The second kappa shape index (κ2) is 8.02. The molecule has 5 heteroatoms. The van der Waals surface area contributed by atoms with Gasteiger partial charge in [0.05, 0.1) is 11.9 Å². The Kier molecular flexibility index (Phi) is 6.02. The largest absolute Gasteiger partial charge is 0.340 e. The summed E-state index contributed by atoms with van der Waals surface area (Å²) in [5.74, 6) is 0.346. The fourth-order valence-electron chi connectivity index (χ4n) is 3.00. The zero-order valence-electron chi connectivity index (χ0n) is 12.5. The number of carbonyl (C=O) groups is 1. The van der Waals surface area contributed by atoms with Crippen molar-refractivity contribution in [3.8, 4) is 0 Å². The first-order valence-corrected chi connectivity index (χ1v) is 7.95. The van der Waals surface area contributed by atoms with Gasteiger partial charge in [0.25, 0.3) is 0 Å². The van der Waals surface area contributed by atoms with E-state index in [1.807, 2.05) is 0 Å². The molecule has 0 saturated carbocycles. The predicted octanol–water partition coefficient (Wildman–Crippen LogP) is 2.70. The summed E-state index contributed by atoms with van der Waals surface area (Å²) < 4.78 is 0. The number of amides is 1. The smallest absolute Gasteiger partial charge is 0.222 e. The average molecular weight is 278 g/mol. The van der Waals surface area contributed by atoms with Gasteiger partial charge < -0.3 is 4.90 Å². The van der Waals surface area contributed by atoms with Gasteiger partial charge in [0.2, 0.25) is 5.91 Å². The normalized spacial score (nSPS) is 19.9. The molecule has 0 aromatic carbocycles. The van der Waals surface area contributed by atoms with E-state index in [2.05, 4.69) is 27.2 Å². The zero-order valence-corrected chi connectivity index (χ0v) is 12.5. The minimum Gasteiger partial charge on any atom is -0.340 e. The number of carbonyl (C=O) groups excluding carboxylic acids is 1. The van der Waals surface area contributed by atoms with Crippen LogP contribution in [-0.4, -0.2) is 38.8 Å². The summed E-state index contributed by atoms with van der Waals surface area (Å²) in [5, 5.41) is 10.4. The van der Waals surface area contributed by atoms with E-state index in [9.17, 15) is 4.79 Å². The first-order chi connectivity index (χ1) is 9.81. The predicted molar refractivity (Wildman–Crippen MR) is 78.2 cm³/mol. The number of aromatic amines is 1. The van der Waals surface area contributed by atoms with E-state index >= 15 is 0 Å². The zero-order chi connectivity index (χ0) is 14.2. The highest BCUT2D eigenvalue weighted by atomic mass is 16.2. The first kappa shape index (κ1) is 15.0. The van der Waals surface area contributed by atoms with Gasteiger partial charge in [-0.15, -0.1) is 0 Å². The van der Waals surface area contributed by atoms with E-state index < -0.39 is 0 Å². The lowest BCUT2D eigenvalue weighted by Crippen LogP contribution is -2.39. The standard InChI is InChI=1S/C15H26N4O/c1-2-14-9-4-3-7-11-19(14)15(20)10-6-5-8-13-12-16-18-17-13/h12,14H,2-11H2,1H3,(H,16,17,18)/t14-/m0/s1. The Morgan fingerprint density at radius 2 is 2.30 bits per heavy atom. The molecule has 20 heavy (non-hydrogen) atoms. The van der Waals surface area contributed by atoms with Crippen LogP contribution in [0.4, 0.5) is 0 Å². The fourth-order valence-corrected chi connectivity index (χ4v) is 3.00. The minimum atomic E-state index is 0.346. The molecule has 1 aromatic heterocycles. The van der Waals surface area contributed by atoms with Gasteiger partial charge in [-0.1, -0.05) is 19.8 Å². The molecule has 0 spiro atoms. The van der Waals surface area contributed by atoms with Crippen LogP contribution in [0.2, 0.25) is 0 Å². The van der Waals surface area contributed by atoms with Crippen LogP contribution in [-0.2, 0) is 11.2 Å². The maximum absolute atomic E-state index is 12.4. The highest BCUT2D eigenvalue weighted by molar-refractivity contribution is 5.76. The van der Waals surface area contributed by atoms with E-state index in [1.165, 1.54) is 25.7 Å². The quantitative estimate of drug-likeness (QED) is 0.814. The Labute approximate surface area is 121 Å². The number of H-pyrrole nitrogens is 1. The summed E-state index contributed by atoms with van der Waals surface area (Å²) in [6, 6.07) is 0.473. The molecule has 0 unspecified atom stereocenters. The Morgan fingerprint density at radius 1 is 1.40 bits per heavy atom. The molecule has 0 aliphatic carbocycles. The fraction of sp³-hybridized carbons (Fsp3) is 0.800. The molecule has 0 radical (unpaired) electrons. The molecule has 2 heterocycles. The van der Waals surface area contributed by atoms with Crippen LogP contribution in [0.5, 0.6) is 0 Å². The van der Waals surface area contributed by atoms with E-state index in [4.69, 9.17) is 0 Å². The third-order valence-corrected chi connectivity index (χ3v) is 4.21. The number of rotatable bonds is 6. The molecule has 1 N–H and O–H groups in total. The van der Waals surface area contributed by atoms with Gasteiger partial charge in [-0.2, -0.15) is 15.4 Å². The summed E-state index contributed by atoms with van der Waals surface area (Å²) in [4.78, 5) is 14.5. The number of hydrogen-bond donors (Lipinski definition) is 1. The summed E-state index contributed by atoms with van der Waals surface area (Å²) in [6.45, 7) is 3.15. The van der Waals surface area contributed by atoms with Gasteiger partial charge >= 0.3 is 0 Å². The van der Waals surface area contributed by atoms with Crippen molar-refractivity contribution in [1.29, 1.82) is 0 Å². The molecule has 1 aromatic rings. The average Bonchev–Trinajstić information content (AvgIpc) is 2.86. The summed E-state index contributed by atoms with van der Waals surface area (Å²) in [7, 11) is 0. The van der Waals surface area contributed by atoms with E-state index in [-0.39, 0.29) is 0 Å². The van der Waals surface area contributed by atoms with Crippen molar-refractivity contribution >= 4 is 5.91 Å². The van der Waals surface area contributed by atoms with Crippen molar-refractivity contribution in [2.24, 2.45) is 0 Å². The van der Waals surface area contributed by atoms with Gasteiger partial charge in [0.1, 0.15) is 0 Å². The Balaban J connectivity index is 1.72. The highest BCUT2D eigenvalue weighted by Crippen LogP contribution is 2.20. The molecule has 1 fully saturated rings. The van der Waals surface area contributed by atoms with Gasteiger partial charge in [0, 0.05) is 19.0 Å². The van der Waals surface area contributed by atoms with Gasteiger partial charge in [-0.05, 0) is 38.5 Å². The van der Waals surface area contributed by atoms with Crippen molar-refractivity contribution in [1.82, 2.24) is 20.3 Å². The second-order valence-corrected chi connectivity index (χ2v) is 5.67. The maximum atomic E-state index is 12.4. The number of unbranched alkanes of at least 4 members (excludes halogenated alkanes) is 1. The molecule has 2 rings (SSSR count). The molecular formula is C15H26N4O. The SMILES string of the molecule is CC[C@H]1CCCCCN1C(=O)CCCCc1cn[nH]n1. The van der Waals surface area contributed by atoms with Crippen molar-refractivity contribution in [2.75, 3.05) is 6.54 Å². The van der Waals surface area contributed by atoms with Crippen molar-refractivity contribution in [2.45, 2.75) is 70.8 Å². The summed E-state index contributed by atoms with van der Waals surface area (Å²) >= 11 is 0. The second-order valence-electron chi connectivity index (χ2n) is 5.67. The summed E-state index contributed by atoms with van der Waals surface area (Å²) in [6.07, 6.45) is 11.3. The number of aryl methyl sites for hydroxylation is 1. The molecule has 112 valence electrons. The number of nitrogens with zero attached hydrogens (tertiary/aromatic N) is 3. The van der Waals surface area contributed by atoms with Crippen molar-refractivity contribution in [3.05, 3.63) is 11.9 Å². The number of nitrogens with one attached hydrogen (secondary N) is 1. The first-order valence-electron chi connectivity index (χ1n) is 7.95. The Hall–Kier alpha value is -1.39. The number of aromatic nitrogens is 3. The minimum absolute atomic E-state index is 0.346. The van der Waals surface area contributed by atoms with Gasteiger partial charge in [-0.3, -0.25) is 4.79 Å². The van der Waals surface area contributed by atoms with Crippen LogP contribution in [0.15, 0.2) is 6.20 Å². The lowest BCUT2D eigenvalue weighted by molar-refractivity contribution is -0.133. The molecule has 0 bridgehead atoms. The van der Waals surface area contributed by atoms with Crippen LogP contribution in [0, 0.1) is 0 Å². The Morgan fingerprint density at radius 3 is 3.05 bits per heavy atom. The van der Waals surface area contributed by atoms with E-state index in [0.717, 1.165) is 37.9 Å². The van der Waals surface area contributed by atoms with Crippen molar-refractivity contribution < 1.29 is 4.79 Å². The number of likely N-dealkylation sites (tertiary alicyclic amines) is 1. The molecule has 1 aliphatic heterocycles. The maximum Gasteiger partial charge on any atom is 0.222 e. The Bertz CT molecular complexity index is 391. The van der Waals surface area contributed by atoms with Crippen LogP contribution >= 0.6 is 0 Å². The molecular weight excluding hydrogens is 252 g/mol. The lowest BCUT2D eigenvalue weighted by atomic mass is 10.1. The van der Waals surface area contributed by atoms with Gasteiger partial charge in [0.15, 0.2) is 0 Å². The molecule has 5 nitrogen and oxygen atoms in total. The van der Waals surface area contributed by atoms with Crippen LogP contribution in [0.3, 0.4) is 0 Å². The van der Waals surface area contributed by atoms with Crippen LogP contribution < -0.4 is 0 Å². The summed E-state index contributed by atoms with van der Waals surface area (Å²) in [5.41, 5.74) is 0.985. The highest BCUT2D eigenvalue weighted by Gasteiger charge is 2.23. The van der Waals surface area contributed by atoms with Crippen molar-refractivity contribution in [3.63, 3.8) is 0 Å². The topological polar surface area (TPSA) is 61.9 Å². The molecule has 1 saturated heterocycles. The van der Waals surface area contributed by atoms with Crippen LogP contribution in [0.1, 0.15) is 64.0 Å². The third kappa shape index (κ3) is 4.32. The van der Waals surface area contributed by atoms with Crippen LogP contribution in [0.25, 0.3) is 0 Å². The van der Waals surface area contributed by atoms with E-state index in [1.54, 1.807) is 6.20 Å². The lowest BCUT2D eigenvalue weighted by Gasteiger charge is -2.29.